The van der Waals surface area contributed by atoms with Crippen LogP contribution in [0.4, 0.5) is 0 Å². The van der Waals surface area contributed by atoms with Gasteiger partial charge in [-0.1, -0.05) is 36.4 Å². The highest BCUT2D eigenvalue weighted by Gasteiger charge is 2.18. The highest BCUT2D eigenvalue weighted by atomic mass is 16.3. The van der Waals surface area contributed by atoms with E-state index in [0.29, 0.717) is 0 Å². The van der Waals surface area contributed by atoms with Crippen LogP contribution in [-0.4, -0.2) is 46.2 Å². The van der Waals surface area contributed by atoms with Crippen LogP contribution in [0.15, 0.2) is 48.5 Å². The first-order valence-electron chi connectivity index (χ1n) is 7.70. The van der Waals surface area contributed by atoms with Gasteiger partial charge in [-0.25, -0.2) is 0 Å². The van der Waals surface area contributed by atoms with Crippen molar-refractivity contribution in [3.8, 4) is 11.5 Å². The topological polar surface area (TPSA) is 46.9 Å². The third-order valence-corrected chi connectivity index (χ3v) is 4.18. The number of aromatic hydroxyl groups is 2. The lowest BCUT2D eigenvalue weighted by Crippen LogP contribution is -2.45. The molecule has 1 saturated heterocycles. The maximum absolute atomic E-state index is 9.87. The Bertz CT molecular complexity index is 608. The molecule has 1 heterocycles. The predicted octanol–water partition coefficient (Wildman–Crippen LogP) is 2.42. The smallest absolute Gasteiger partial charge is 0.123 e. The lowest BCUT2D eigenvalue weighted by Gasteiger charge is -2.34. The molecule has 0 bridgehead atoms. The van der Waals surface area contributed by atoms with Gasteiger partial charge in [-0.2, -0.15) is 0 Å². The second-order valence-corrected chi connectivity index (χ2v) is 5.85. The quantitative estimate of drug-likeness (QED) is 0.910. The van der Waals surface area contributed by atoms with E-state index in [0.717, 1.165) is 44.8 Å². The third kappa shape index (κ3) is 3.78. The monoisotopic (exact) mass is 298 g/mol. The summed E-state index contributed by atoms with van der Waals surface area (Å²) in [4.78, 5) is 4.80. The summed E-state index contributed by atoms with van der Waals surface area (Å²) in [6, 6.07) is 15.4. The SMILES string of the molecule is Oc1ccc(CN2CCN(Cc3ccccc3)CC2)c(O)c1. The molecular formula is C18H22N2O2. The van der Waals surface area contributed by atoms with Gasteiger partial charge < -0.3 is 10.2 Å². The highest BCUT2D eigenvalue weighted by Crippen LogP contribution is 2.24. The minimum atomic E-state index is 0.105. The van der Waals surface area contributed by atoms with Crippen LogP contribution in [0.2, 0.25) is 0 Å². The summed E-state index contributed by atoms with van der Waals surface area (Å²) in [5.74, 6) is 0.278. The summed E-state index contributed by atoms with van der Waals surface area (Å²) in [6.07, 6.45) is 0. The molecule has 1 fully saturated rings. The highest BCUT2D eigenvalue weighted by molar-refractivity contribution is 5.38. The van der Waals surface area contributed by atoms with E-state index in [1.807, 2.05) is 6.07 Å². The Labute approximate surface area is 131 Å². The summed E-state index contributed by atoms with van der Waals surface area (Å²) < 4.78 is 0. The predicted molar refractivity (Wildman–Crippen MR) is 86.8 cm³/mol. The molecule has 1 aliphatic rings. The van der Waals surface area contributed by atoms with Gasteiger partial charge in [0, 0.05) is 50.9 Å². The summed E-state index contributed by atoms with van der Waals surface area (Å²) in [5.41, 5.74) is 2.22. The van der Waals surface area contributed by atoms with Gasteiger partial charge in [-0.15, -0.1) is 0 Å². The van der Waals surface area contributed by atoms with E-state index < -0.39 is 0 Å². The van der Waals surface area contributed by atoms with Gasteiger partial charge in [-0.3, -0.25) is 9.80 Å². The lowest BCUT2D eigenvalue weighted by atomic mass is 10.1. The zero-order valence-electron chi connectivity index (χ0n) is 12.7. The van der Waals surface area contributed by atoms with Crippen LogP contribution in [0.25, 0.3) is 0 Å². The molecule has 0 spiro atoms. The van der Waals surface area contributed by atoms with E-state index in [9.17, 15) is 10.2 Å². The fraction of sp³-hybridized carbons (Fsp3) is 0.333. The second-order valence-electron chi connectivity index (χ2n) is 5.85. The molecule has 1 aliphatic heterocycles. The summed E-state index contributed by atoms with van der Waals surface area (Å²) in [7, 11) is 0. The molecule has 116 valence electrons. The first-order chi connectivity index (χ1) is 10.7. The Balaban J connectivity index is 1.51. The molecule has 4 nitrogen and oxygen atoms in total. The van der Waals surface area contributed by atoms with Gasteiger partial charge in [0.25, 0.3) is 0 Å². The van der Waals surface area contributed by atoms with Crippen LogP contribution in [-0.2, 0) is 13.1 Å². The van der Waals surface area contributed by atoms with Crippen molar-refractivity contribution in [2.45, 2.75) is 13.1 Å². The van der Waals surface area contributed by atoms with Crippen molar-refractivity contribution in [2.75, 3.05) is 26.2 Å². The van der Waals surface area contributed by atoms with Gasteiger partial charge >= 0.3 is 0 Å². The van der Waals surface area contributed by atoms with Gasteiger partial charge in [-0.05, 0) is 11.6 Å². The molecule has 0 atom stereocenters. The number of nitrogens with zero attached hydrogens (tertiary/aromatic N) is 2. The van der Waals surface area contributed by atoms with E-state index in [2.05, 4.69) is 34.1 Å². The number of hydrogen-bond donors (Lipinski definition) is 2. The molecule has 0 aliphatic carbocycles. The number of rotatable bonds is 4. The van der Waals surface area contributed by atoms with Crippen molar-refractivity contribution in [3.63, 3.8) is 0 Å². The molecule has 22 heavy (non-hydrogen) atoms. The van der Waals surface area contributed by atoms with Gasteiger partial charge in [0.05, 0.1) is 0 Å². The van der Waals surface area contributed by atoms with Crippen molar-refractivity contribution in [1.82, 2.24) is 9.80 Å². The lowest BCUT2D eigenvalue weighted by molar-refractivity contribution is 0.121. The fourth-order valence-electron chi connectivity index (χ4n) is 2.87. The molecule has 0 aromatic heterocycles. The minimum absolute atomic E-state index is 0.105. The van der Waals surface area contributed by atoms with Crippen molar-refractivity contribution in [1.29, 1.82) is 0 Å². The van der Waals surface area contributed by atoms with Crippen LogP contribution in [0.3, 0.4) is 0 Å². The Hall–Kier alpha value is -2.04. The van der Waals surface area contributed by atoms with Crippen molar-refractivity contribution >= 4 is 0 Å². The van der Waals surface area contributed by atoms with Crippen LogP contribution in [0, 0.1) is 0 Å². The molecule has 0 unspecified atom stereocenters. The fourth-order valence-corrected chi connectivity index (χ4v) is 2.87. The molecule has 4 heteroatoms. The average Bonchev–Trinajstić information content (AvgIpc) is 2.53. The Morgan fingerprint density at radius 3 is 2.05 bits per heavy atom. The Morgan fingerprint density at radius 2 is 1.41 bits per heavy atom. The standard InChI is InChI=1S/C18H22N2O2/c21-17-7-6-16(18(22)12-17)14-20-10-8-19(9-11-20)13-15-4-2-1-3-5-15/h1-7,12,21-22H,8-11,13-14H2. The molecular weight excluding hydrogens is 276 g/mol. The summed E-state index contributed by atoms with van der Waals surface area (Å²) in [5, 5.41) is 19.2. The van der Waals surface area contributed by atoms with Crippen LogP contribution in [0.1, 0.15) is 11.1 Å². The van der Waals surface area contributed by atoms with Crippen LogP contribution in [0.5, 0.6) is 11.5 Å². The molecule has 0 saturated carbocycles. The van der Waals surface area contributed by atoms with Crippen molar-refractivity contribution in [3.05, 3.63) is 59.7 Å². The molecule has 3 rings (SSSR count). The molecule has 2 aromatic carbocycles. The number of phenolic OH excluding ortho intramolecular Hbond substituents is 2. The molecule has 0 radical (unpaired) electrons. The van der Waals surface area contributed by atoms with Crippen molar-refractivity contribution < 1.29 is 10.2 Å². The van der Waals surface area contributed by atoms with E-state index in [-0.39, 0.29) is 11.5 Å². The summed E-state index contributed by atoms with van der Waals surface area (Å²) >= 11 is 0. The normalized spacial score (nSPS) is 16.7. The van der Waals surface area contributed by atoms with Crippen LogP contribution < -0.4 is 0 Å². The Kier molecular flexibility index (Phi) is 4.61. The van der Waals surface area contributed by atoms with E-state index in [4.69, 9.17) is 0 Å². The van der Waals surface area contributed by atoms with Gasteiger partial charge in [0.2, 0.25) is 0 Å². The maximum atomic E-state index is 9.87. The Morgan fingerprint density at radius 1 is 0.773 bits per heavy atom. The van der Waals surface area contributed by atoms with Gasteiger partial charge in [0.1, 0.15) is 11.5 Å². The number of piperazine rings is 1. The van der Waals surface area contributed by atoms with Crippen molar-refractivity contribution in [2.24, 2.45) is 0 Å². The maximum Gasteiger partial charge on any atom is 0.123 e. The molecule has 0 amide bonds. The number of hydrogen-bond acceptors (Lipinski definition) is 4. The largest absolute Gasteiger partial charge is 0.508 e. The van der Waals surface area contributed by atoms with E-state index in [1.165, 1.54) is 11.6 Å². The summed E-state index contributed by atoms with van der Waals surface area (Å²) in [6.45, 7) is 5.78. The minimum Gasteiger partial charge on any atom is -0.508 e. The van der Waals surface area contributed by atoms with E-state index >= 15 is 0 Å². The first-order valence-corrected chi connectivity index (χ1v) is 7.70. The zero-order chi connectivity index (χ0) is 15.4. The van der Waals surface area contributed by atoms with Gasteiger partial charge in [0.15, 0.2) is 0 Å². The number of benzene rings is 2. The first kappa shape index (κ1) is 14.9. The molecule has 2 aromatic rings. The van der Waals surface area contributed by atoms with Crippen LogP contribution >= 0.6 is 0 Å². The molecule has 2 N–H and O–H groups in total. The third-order valence-electron chi connectivity index (χ3n) is 4.18. The zero-order valence-corrected chi connectivity index (χ0v) is 12.7. The number of phenols is 2. The van der Waals surface area contributed by atoms with E-state index in [1.54, 1.807) is 12.1 Å². The average molecular weight is 298 g/mol. The second kappa shape index (κ2) is 6.81.